The molecule has 1 heterocycles. The van der Waals surface area contributed by atoms with Gasteiger partial charge in [-0.3, -0.25) is 0 Å². The quantitative estimate of drug-likeness (QED) is 0.476. The number of anilines is 2. The molecular weight excluding hydrogens is 242 g/mol. The second kappa shape index (κ2) is 4.94. The Morgan fingerprint density at radius 3 is 2.37 bits per heavy atom. The van der Waals surface area contributed by atoms with Gasteiger partial charge in [0, 0.05) is 11.5 Å². The van der Waals surface area contributed by atoms with Crippen molar-refractivity contribution in [2.45, 2.75) is 58.1 Å². The van der Waals surface area contributed by atoms with Crippen LogP contribution >= 0.6 is 0 Å². The van der Waals surface area contributed by atoms with Crippen LogP contribution in [0.5, 0.6) is 0 Å². The second-order valence-electron chi connectivity index (χ2n) is 5.85. The van der Waals surface area contributed by atoms with Crippen LogP contribution in [-0.4, -0.2) is 26.7 Å². The topological polar surface area (TPSA) is 96.1 Å². The third kappa shape index (κ3) is 2.96. The van der Waals surface area contributed by atoms with Crippen LogP contribution in [0.1, 0.15) is 50.9 Å². The average molecular weight is 265 g/mol. The normalized spacial score (nSPS) is 17.2. The number of hydrogen-bond donors (Lipinski definition) is 4. The van der Waals surface area contributed by atoms with Gasteiger partial charge < -0.3 is 15.8 Å². The number of nitrogen functional groups attached to an aromatic ring is 1. The van der Waals surface area contributed by atoms with Gasteiger partial charge in [0.2, 0.25) is 0 Å². The molecule has 106 valence electrons. The molecule has 6 nitrogen and oxygen atoms in total. The van der Waals surface area contributed by atoms with Gasteiger partial charge >= 0.3 is 0 Å². The third-order valence-corrected chi connectivity index (χ3v) is 3.73. The molecule has 19 heavy (non-hydrogen) atoms. The molecule has 6 heteroatoms. The van der Waals surface area contributed by atoms with Crippen LogP contribution in [0.15, 0.2) is 0 Å². The van der Waals surface area contributed by atoms with E-state index in [2.05, 4.69) is 20.7 Å². The van der Waals surface area contributed by atoms with E-state index >= 15 is 0 Å². The van der Waals surface area contributed by atoms with Crippen molar-refractivity contribution in [1.82, 2.24) is 9.97 Å². The molecule has 0 amide bonds. The Labute approximate surface area is 113 Å². The minimum Gasteiger partial charge on any atom is -0.391 e. The van der Waals surface area contributed by atoms with Crippen LogP contribution in [-0.2, 0) is 0 Å². The van der Waals surface area contributed by atoms with E-state index in [0.717, 1.165) is 30.0 Å². The SMILES string of the molecule is Cc1c(NN)nc(C2CC2)nc1NC(C)(C)C(C)O. The number of aliphatic hydroxyl groups excluding tert-OH is 1. The van der Waals surface area contributed by atoms with Gasteiger partial charge in [0.1, 0.15) is 17.5 Å². The third-order valence-electron chi connectivity index (χ3n) is 3.73. The highest BCUT2D eigenvalue weighted by Gasteiger charge is 2.30. The molecule has 1 saturated carbocycles. The molecule has 0 saturated heterocycles. The molecule has 1 aromatic rings. The van der Waals surface area contributed by atoms with Crippen molar-refractivity contribution in [1.29, 1.82) is 0 Å². The van der Waals surface area contributed by atoms with Gasteiger partial charge in [-0.25, -0.2) is 15.8 Å². The lowest BCUT2D eigenvalue weighted by atomic mass is 9.98. The number of aliphatic hydroxyl groups is 1. The Kier molecular flexibility index (Phi) is 3.64. The number of rotatable bonds is 5. The first-order chi connectivity index (χ1) is 8.85. The van der Waals surface area contributed by atoms with Crippen LogP contribution in [0.3, 0.4) is 0 Å². The molecule has 1 aromatic heterocycles. The first-order valence-electron chi connectivity index (χ1n) is 6.66. The first kappa shape index (κ1) is 14.0. The summed E-state index contributed by atoms with van der Waals surface area (Å²) in [7, 11) is 0. The monoisotopic (exact) mass is 265 g/mol. The molecule has 5 N–H and O–H groups in total. The summed E-state index contributed by atoms with van der Waals surface area (Å²) in [5.41, 5.74) is 3.02. The molecular formula is C13H23N5O. The summed E-state index contributed by atoms with van der Waals surface area (Å²) < 4.78 is 0. The molecule has 1 atom stereocenters. The van der Waals surface area contributed by atoms with Gasteiger partial charge in [0.15, 0.2) is 0 Å². The van der Waals surface area contributed by atoms with E-state index in [1.807, 2.05) is 20.8 Å². The van der Waals surface area contributed by atoms with E-state index in [0.29, 0.717) is 11.7 Å². The van der Waals surface area contributed by atoms with Gasteiger partial charge in [-0.15, -0.1) is 0 Å². The highest BCUT2D eigenvalue weighted by atomic mass is 16.3. The van der Waals surface area contributed by atoms with Gasteiger partial charge in [-0.05, 0) is 40.5 Å². The van der Waals surface area contributed by atoms with E-state index in [1.165, 1.54) is 0 Å². The number of nitrogens with two attached hydrogens (primary N) is 1. The summed E-state index contributed by atoms with van der Waals surface area (Å²) in [5, 5.41) is 13.1. The lowest BCUT2D eigenvalue weighted by Gasteiger charge is -2.31. The fourth-order valence-corrected chi connectivity index (χ4v) is 1.73. The Morgan fingerprint density at radius 1 is 1.32 bits per heavy atom. The maximum Gasteiger partial charge on any atom is 0.148 e. The zero-order valence-electron chi connectivity index (χ0n) is 12.0. The second-order valence-corrected chi connectivity index (χ2v) is 5.85. The molecule has 0 spiro atoms. The molecule has 0 aliphatic heterocycles. The van der Waals surface area contributed by atoms with Gasteiger partial charge in [-0.1, -0.05) is 0 Å². The molecule has 1 fully saturated rings. The number of nitrogens with zero attached hydrogens (tertiary/aromatic N) is 2. The number of hydrazine groups is 1. The van der Waals surface area contributed by atoms with Crippen molar-refractivity contribution in [2.75, 3.05) is 10.7 Å². The predicted octanol–water partition coefficient (Wildman–Crippen LogP) is 1.52. The minimum atomic E-state index is -0.500. The van der Waals surface area contributed by atoms with Crippen LogP contribution in [0.4, 0.5) is 11.6 Å². The zero-order valence-corrected chi connectivity index (χ0v) is 12.0. The van der Waals surface area contributed by atoms with E-state index < -0.39 is 11.6 Å². The fraction of sp³-hybridized carbons (Fsp3) is 0.692. The lowest BCUT2D eigenvalue weighted by molar-refractivity contribution is 0.133. The lowest BCUT2D eigenvalue weighted by Crippen LogP contribution is -2.42. The van der Waals surface area contributed by atoms with Crippen molar-refractivity contribution in [3.8, 4) is 0 Å². The Morgan fingerprint density at radius 2 is 1.89 bits per heavy atom. The van der Waals surface area contributed by atoms with Crippen molar-refractivity contribution in [2.24, 2.45) is 5.84 Å². The van der Waals surface area contributed by atoms with Crippen LogP contribution in [0.25, 0.3) is 0 Å². The molecule has 0 bridgehead atoms. The van der Waals surface area contributed by atoms with E-state index in [4.69, 9.17) is 5.84 Å². The molecule has 0 aromatic carbocycles. The molecule has 2 rings (SSSR count). The number of hydrogen-bond acceptors (Lipinski definition) is 6. The number of nitrogens with one attached hydrogen (secondary N) is 2. The van der Waals surface area contributed by atoms with Crippen molar-refractivity contribution < 1.29 is 5.11 Å². The van der Waals surface area contributed by atoms with Crippen molar-refractivity contribution in [3.63, 3.8) is 0 Å². The molecule has 1 unspecified atom stereocenters. The van der Waals surface area contributed by atoms with Crippen molar-refractivity contribution >= 4 is 11.6 Å². The maximum atomic E-state index is 9.80. The zero-order chi connectivity index (χ0) is 14.2. The highest BCUT2D eigenvalue weighted by Crippen LogP contribution is 2.39. The van der Waals surface area contributed by atoms with Crippen LogP contribution < -0.4 is 16.6 Å². The van der Waals surface area contributed by atoms with E-state index in [9.17, 15) is 5.11 Å². The first-order valence-corrected chi connectivity index (χ1v) is 6.66. The van der Waals surface area contributed by atoms with Gasteiger partial charge in [0.25, 0.3) is 0 Å². The summed E-state index contributed by atoms with van der Waals surface area (Å²) in [4.78, 5) is 9.02. The average Bonchev–Trinajstić information content (AvgIpc) is 3.15. The van der Waals surface area contributed by atoms with Crippen LogP contribution in [0, 0.1) is 6.92 Å². The summed E-state index contributed by atoms with van der Waals surface area (Å²) >= 11 is 0. The highest BCUT2D eigenvalue weighted by molar-refractivity contribution is 5.58. The van der Waals surface area contributed by atoms with E-state index in [-0.39, 0.29) is 0 Å². The molecule has 0 radical (unpaired) electrons. The molecule has 1 aliphatic carbocycles. The largest absolute Gasteiger partial charge is 0.391 e. The van der Waals surface area contributed by atoms with E-state index in [1.54, 1.807) is 6.92 Å². The van der Waals surface area contributed by atoms with Crippen molar-refractivity contribution in [3.05, 3.63) is 11.4 Å². The summed E-state index contributed by atoms with van der Waals surface area (Å²) in [6, 6.07) is 0. The minimum absolute atomic E-state index is 0.447. The Hall–Kier alpha value is -1.40. The summed E-state index contributed by atoms with van der Waals surface area (Å²) in [6.07, 6.45) is 1.76. The predicted molar refractivity (Wildman–Crippen MR) is 75.9 cm³/mol. The van der Waals surface area contributed by atoms with Crippen LogP contribution in [0.2, 0.25) is 0 Å². The number of aromatic nitrogens is 2. The van der Waals surface area contributed by atoms with Gasteiger partial charge in [0.05, 0.1) is 11.6 Å². The summed E-state index contributed by atoms with van der Waals surface area (Å²) in [6.45, 7) is 7.54. The maximum absolute atomic E-state index is 9.80. The summed E-state index contributed by atoms with van der Waals surface area (Å²) in [5.74, 6) is 8.16. The Balaban J connectivity index is 2.35. The molecule has 1 aliphatic rings. The smallest absolute Gasteiger partial charge is 0.148 e. The standard InChI is InChI=1S/C13H23N5O/c1-7-10(17-13(3,4)8(2)19)15-12(9-5-6-9)16-11(7)18-14/h8-9,19H,5-6,14H2,1-4H3,(H2,15,16,17,18). The van der Waals surface area contributed by atoms with Gasteiger partial charge in [-0.2, -0.15) is 0 Å². The Bertz CT molecular complexity index is 468. The fourth-order valence-electron chi connectivity index (χ4n) is 1.73.